The highest BCUT2D eigenvalue weighted by molar-refractivity contribution is 5.87. The molecule has 0 radical (unpaired) electrons. The van der Waals surface area contributed by atoms with E-state index in [1.54, 1.807) is 11.1 Å². The minimum absolute atomic E-state index is 0.0536. The molecule has 1 aromatic heterocycles. The van der Waals surface area contributed by atoms with Crippen LogP contribution in [0.4, 0.5) is 4.79 Å². The van der Waals surface area contributed by atoms with Crippen LogP contribution in [0.5, 0.6) is 0 Å². The summed E-state index contributed by atoms with van der Waals surface area (Å²) in [7, 11) is 0. The van der Waals surface area contributed by atoms with Crippen LogP contribution in [0.1, 0.15) is 52.8 Å². The fourth-order valence-electron chi connectivity index (χ4n) is 4.16. The largest absolute Gasteiger partial charge is 0.444 e. The number of carbonyl (C=O) groups excluding carboxylic acids is 2. The van der Waals surface area contributed by atoms with Gasteiger partial charge in [-0.3, -0.25) is 4.79 Å². The lowest BCUT2D eigenvalue weighted by Crippen LogP contribution is -2.44. The molecular formula is C21H32N4O3. The third-order valence-corrected chi connectivity index (χ3v) is 5.85. The van der Waals surface area contributed by atoms with Crippen LogP contribution in [-0.4, -0.2) is 56.1 Å². The molecule has 154 valence electrons. The number of rotatable bonds is 5. The van der Waals surface area contributed by atoms with Gasteiger partial charge in [0.1, 0.15) is 11.4 Å². The van der Waals surface area contributed by atoms with E-state index in [0.29, 0.717) is 19.6 Å². The van der Waals surface area contributed by atoms with E-state index >= 15 is 0 Å². The van der Waals surface area contributed by atoms with Crippen molar-refractivity contribution in [1.29, 1.82) is 0 Å². The molecule has 1 saturated heterocycles. The molecular weight excluding hydrogens is 356 g/mol. The molecule has 0 aromatic carbocycles. The molecule has 2 amide bonds. The molecule has 1 aliphatic carbocycles. The molecule has 0 bridgehead atoms. The minimum atomic E-state index is -0.483. The second kappa shape index (κ2) is 7.60. The van der Waals surface area contributed by atoms with E-state index in [0.717, 1.165) is 31.6 Å². The summed E-state index contributed by atoms with van der Waals surface area (Å²) < 4.78 is 7.55. The lowest BCUT2D eigenvalue weighted by atomic mass is 9.92. The van der Waals surface area contributed by atoms with Crippen molar-refractivity contribution in [2.45, 2.75) is 71.7 Å². The van der Waals surface area contributed by atoms with Crippen molar-refractivity contribution in [3.63, 3.8) is 0 Å². The Morgan fingerprint density at radius 3 is 2.64 bits per heavy atom. The standard InChI is InChI=1S/C21H32N4O3/c1-6-18(26)25(15-17-22-10-13-23(17)7-2)16-14-21(16)8-11-24(12-9-21)19(27)28-20(3,4)5/h6,10,13,16H,1,7-9,11-12,14-15H2,2-5H3/t16-/m1/s1. The zero-order chi connectivity index (χ0) is 20.5. The number of aromatic nitrogens is 2. The van der Waals surface area contributed by atoms with Gasteiger partial charge in [0.2, 0.25) is 5.91 Å². The van der Waals surface area contributed by atoms with Crippen molar-refractivity contribution in [3.8, 4) is 0 Å². The van der Waals surface area contributed by atoms with Crippen LogP contribution >= 0.6 is 0 Å². The van der Waals surface area contributed by atoms with Crippen molar-refractivity contribution in [3.05, 3.63) is 30.9 Å². The monoisotopic (exact) mass is 388 g/mol. The number of imidazole rings is 1. The predicted molar refractivity (Wildman–Crippen MR) is 107 cm³/mol. The first kappa shape index (κ1) is 20.4. The van der Waals surface area contributed by atoms with Crippen molar-refractivity contribution >= 4 is 12.0 Å². The Hall–Kier alpha value is -2.31. The molecule has 1 saturated carbocycles. The van der Waals surface area contributed by atoms with E-state index in [1.165, 1.54) is 6.08 Å². The summed E-state index contributed by atoms with van der Waals surface area (Å²) in [5.74, 6) is 0.841. The van der Waals surface area contributed by atoms with Crippen molar-refractivity contribution in [1.82, 2.24) is 19.4 Å². The third kappa shape index (κ3) is 4.23. The Bertz CT molecular complexity index is 741. The van der Waals surface area contributed by atoms with Gasteiger partial charge in [-0.25, -0.2) is 9.78 Å². The maximum atomic E-state index is 12.6. The van der Waals surface area contributed by atoms with Gasteiger partial charge >= 0.3 is 6.09 Å². The number of amides is 2. The van der Waals surface area contributed by atoms with Gasteiger partial charge in [0.15, 0.2) is 0 Å². The lowest BCUT2D eigenvalue weighted by molar-refractivity contribution is -0.128. The van der Waals surface area contributed by atoms with Gasteiger partial charge in [0.05, 0.1) is 6.54 Å². The van der Waals surface area contributed by atoms with Gasteiger partial charge < -0.3 is 19.1 Å². The van der Waals surface area contributed by atoms with Crippen LogP contribution < -0.4 is 0 Å². The van der Waals surface area contributed by atoms with Crippen molar-refractivity contribution < 1.29 is 14.3 Å². The van der Waals surface area contributed by atoms with Gasteiger partial charge in [0.25, 0.3) is 0 Å². The molecule has 2 aliphatic rings. The van der Waals surface area contributed by atoms with Crippen LogP contribution in [0.2, 0.25) is 0 Å². The molecule has 2 heterocycles. The quantitative estimate of drug-likeness (QED) is 0.727. The fraction of sp³-hybridized carbons (Fsp3) is 0.667. The maximum Gasteiger partial charge on any atom is 0.410 e. The predicted octanol–water partition coefficient (Wildman–Crippen LogP) is 3.21. The van der Waals surface area contributed by atoms with Gasteiger partial charge in [-0.15, -0.1) is 0 Å². The zero-order valence-corrected chi connectivity index (χ0v) is 17.5. The van der Waals surface area contributed by atoms with E-state index in [2.05, 4.69) is 23.1 Å². The molecule has 7 heteroatoms. The van der Waals surface area contributed by atoms with Crippen LogP contribution in [0, 0.1) is 5.41 Å². The smallest absolute Gasteiger partial charge is 0.410 e. The number of likely N-dealkylation sites (tertiary alicyclic amines) is 1. The molecule has 1 aromatic rings. The zero-order valence-electron chi connectivity index (χ0n) is 17.5. The average Bonchev–Trinajstić information content (AvgIpc) is 3.12. The topological polar surface area (TPSA) is 67.7 Å². The van der Waals surface area contributed by atoms with E-state index in [-0.39, 0.29) is 23.5 Å². The maximum absolute atomic E-state index is 12.6. The van der Waals surface area contributed by atoms with Crippen LogP contribution in [0.15, 0.2) is 25.0 Å². The molecule has 3 rings (SSSR count). The fourth-order valence-corrected chi connectivity index (χ4v) is 4.16. The summed E-state index contributed by atoms with van der Waals surface area (Å²) >= 11 is 0. The van der Waals surface area contributed by atoms with Crippen molar-refractivity contribution in [2.24, 2.45) is 5.41 Å². The lowest BCUT2D eigenvalue weighted by Gasteiger charge is -2.35. The van der Waals surface area contributed by atoms with Crippen LogP contribution in [0.3, 0.4) is 0 Å². The highest BCUT2D eigenvalue weighted by Crippen LogP contribution is 2.57. The normalized spacial score (nSPS) is 20.7. The Balaban J connectivity index is 1.64. The average molecular weight is 389 g/mol. The Morgan fingerprint density at radius 1 is 1.39 bits per heavy atom. The van der Waals surface area contributed by atoms with Gasteiger partial charge in [-0.1, -0.05) is 6.58 Å². The first-order valence-corrected chi connectivity index (χ1v) is 10.1. The number of piperidine rings is 1. The highest BCUT2D eigenvalue weighted by Gasteiger charge is 2.58. The van der Waals surface area contributed by atoms with E-state index in [4.69, 9.17) is 4.74 Å². The van der Waals surface area contributed by atoms with Gasteiger partial charge in [-0.2, -0.15) is 0 Å². The van der Waals surface area contributed by atoms with Crippen molar-refractivity contribution in [2.75, 3.05) is 13.1 Å². The van der Waals surface area contributed by atoms with E-state index < -0.39 is 5.60 Å². The van der Waals surface area contributed by atoms with Gasteiger partial charge in [0, 0.05) is 38.1 Å². The summed E-state index contributed by atoms with van der Waals surface area (Å²) in [6, 6.07) is 0.181. The number of nitrogens with zero attached hydrogens (tertiary/aromatic N) is 4. The highest BCUT2D eigenvalue weighted by atomic mass is 16.6. The summed E-state index contributed by atoms with van der Waals surface area (Å²) in [5, 5.41) is 0. The Morgan fingerprint density at radius 2 is 2.07 bits per heavy atom. The Kier molecular flexibility index (Phi) is 5.55. The van der Waals surface area contributed by atoms with E-state index in [9.17, 15) is 9.59 Å². The van der Waals surface area contributed by atoms with E-state index in [1.807, 2.05) is 31.9 Å². The summed E-state index contributed by atoms with van der Waals surface area (Å²) in [5.41, 5.74) is -0.385. The Labute approximate surface area is 167 Å². The number of ether oxygens (including phenoxy) is 1. The number of aryl methyl sites for hydroxylation is 1. The van der Waals surface area contributed by atoms with Crippen LogP contribution in [-0.2, 0) is 22.6 Å². The minimum Gasteiger partial charge on any atom is -0.444 e. The molecule has 1 spiro atoms. The SMILES string of the molecule is C=CC(=O)N(Cc1nccn1CC)[C@@H]1CC12CCN(C(=O)OC(C)(C)C)CC2. The molecule has 28 heavy (non-hydrogen) atoms. The second-order valence-corrected chi connectivity index (χ2v) is 8.85. The molecule has 7 nitrogen and oxygen atoms in total. The number of carbonyl (C=O) groups is 2. The first-order valence-electron chi connectivity index (χ1n) is 10.1. The third-order valence-electron chi connectivity index (χ3n) is 5.85. The summed E-state index contributed by atoms with van der Waals surface area (Å²) in [6.07, 6.45) is 7.61. The molecule has 1 atom stereocenters. The van der Waals surface area contributed by atoms with Gasteiger partial charge in [-0.05, 0) is 58.4 Å². The molecule has 2 fully saturated rings. The number of hydrogen-bond donors (Lipinski definition) is 0. The molecule has 1 aliphatic heterocycles. The summed E-state index contributed by atoms with van der Waals surface area (Å²) in [4.78, 5) is 33.0. The van der Waals surface area contributed by atoms with Crippen LogP contribution in [0.25, 0.3) is 0 Å². The molecule has 0 unspecified atom stereocenters. The second-order valence-electron chi connectivity index (χ2n) is 8.85. The first-order chi connectivity index (χ1) is 13.2. The summed E-state index contributed by atoms with van der Waals surface area (Å²) in [6.45, 7) is 14.1. The molecule has 0 N–H and O–H groups in total. The number of hydrogen-bond acceptors (Lipinski definition) is 4.